The lowest BCUT2D eigenvalue weighted by molar-refractivity contribution is 0.219. The molecule has 1 unspecified atom stereocenters. The van der Waals surface area contributed by atoms with Crippen LogP contribution in [0.15, 0.2) is 28.7 Å². The Morgan fingerprint density at radius 1 is 1.29 bits per heavy atom. The number of piperazine rings is 1. The summed E-state index contributed by atoms with van der Waals surface area (Å²) in [6.07, 6.45) is 0.834. The summed E-state index contributed by atoms with van der Waals surface area (Å²) < 4.78 is 1.11. The van der Waals surface area contributed by atoms with E-state index in [2.05, 4.69) is 57.0 Å². The minimum absolute atomic E-state index is 0.255. The number of rotatable bonds is 3. The summed E-state index contributed by atoms with van der Waals surface area (Å²) in [7, 11) is 2.14. The molecule has 0 aliphatic carbocycles. The molecule has 0 amide bonds. The average molecular weight is 299 g/mol. The predicted molar refractivity (Wildman–Crippen MR) is 74.5 cm³/mol. The van der Waals surface area contributed by atoms with E-state index < -0.39 is 0 Å². The second-order valence-electron chi connectivity index (χ2n) is 4.60. The number of aliphatic hydroxyl groups is 1. The van der Waals surface area contributed by atoms with Gasteiger partial charge in [-0.05, 0) is 37.7 Å². The molecule has 1 N–H and O–H groups in total. The maximum absolute atomic E-state index is 9.16. The molecule has 1 fully saturated rings. The van der Waals surface area contributed by atoms with Crippen LogP contribution in [0.1, 0.15) is 6.42 Å². The molecule has 0 aromatic heterocycles. The van der Waals surface area contributed by atoms with Crippen molar-refractivity contribution in [1.29, 1.82) is 0 Å². The summed E-state index contributed by atoms with van der Waals surface area (Å²) in [5, 5.41) is 9.16. The van der Waals surface area contributed by atoms with Crippen LogP contribution < -0.4 is 4.90 Å². The minimum atomic E-state index is 0.255. The zero-order valence-electron chi connectivity index (χ0n) is 10.1. The van der Waals surface area contributed by atoms with Gasteiger partial charge in [0.25, 0.3) is 0 Å². The standard InChI is InChI=1S/C13H19BrN2O/c1-15-7-8-16(13(10-15)6-9-17)12-4-2-11(14)3-5-12/h2-5,13,17H,6-10H2,1H3. The van der Waals surface area contributed by atoms with Crippen LogP contribution in [-0.2, 0) is 0 Å². The number of halogens is 1. The van der Waals surface area contributed by atoms with Gasteiger partial charge in [0.1, 0.15) is 0 Å². The number of likely N-dealkylation sites (N-methyl/N-ethyl adjacent to an activating group) is 1. The monoisotopic (exact) mass is 298 g/mol. The van der Waals surface area contributed by atoms with E-state index in [0.717, 1.165) is 30.5 Å². The van der Waals surface area contributed by atoms with Crippen molar-refractivity contribution in [2.24, 2.45) is 0 Å². The zero-order chi connectivity index (χ0) is 12.3. The van der Waals surface area contributed by atoms with Gasteiger partial charge in [-0.1, -0.05) is 15.9 Å². The van der Waals surface area contributed by atoms with Gasteiger partial charge in [0.15, 0.2) is 0 Å². The molecule has 0 saturated carbocycles. The molecule has 1 aromatic rings. The molecule has 0 bridgehead atoms. The third-order valence-corrected chi connectivity index (χ3v) is 3.84. The number of hydrogen-bond donors (Lipinski definition) is 1. The molecular formula is C13H19BrN2O. The Balaban J connectivity index is 2.14. The van der Waals surface area contributed by atoms with E-state index in [9.17, 15) is 0 Å². The molecular weight excluding hydrogens is 280 g/mol. The van der Waals surface area contributed by atoms with Gasteiger partial charge < -0.3 is 14.9 Å². The molecule has 0 spiro atoms. The van der Waals surface area contributed by atoms with Crippen molar-refractivity contribution in [3.8, 4) is 0 Å². The van der Waals surface area contributed by atoms with Crippen LogP contribution in [0.5, 0.6) is 0 Å². The van der Waals surface area contributed by atoms with Gasteiger partial charge in [-0.3, -0.25) is 0 Å². The Bertz CT molecular complexity index is 355. The largest absolute Gasteiger partial charge is 0.396 e. The van der Waals surface area contributed by atoms with Crippen molar-refractivity contribution in [3.05, 3.63) is 28.7 Å². The number of hydrogen-bond acceptors (Lipinski definition) is 3. The van der Waals surface area contributed by atoms with E-state index in [4.69, 9.17) is 5.11 Å². The molecule has 1 heterocycles. The van der Waals surface area contributed by atoms with Crippen LogP contribution in [0, 0.1) is 0 Å². The average Bonchev–Trinajstić information content (AvgIpc) is 2.31. The molecule has 0 radical (unpaired) electrons. The topological polar surface area (TPSA) is 26.7 Å². The van der Waals surface area contributed by atoms with Gasteiger partial charge in [-0.2, -0.15) is 0 Å². The first-order valence-electron chi connectivity index (χ1n) is 6.02. The molecule has 2 rings (SSSR count). The highest BCUT2D eigenvalue weighted by atomic mass is 79.9. The van der Waals surface area contributed by atoms with E-state index in [1.54, 1.807) is 0 Å². The smallest absolute Gasteiger partial charge is 0.0451 e. The molecule has 1 saturated heterocycles. The Morgan fingerprint density at radius 3 is 2.65 bits per heavy atom. The van der Waals surface area contributed by atoms with E-state index in [1.165, 1.54) is 5.69 Å². The molecule has 1 aromatic carbocycles. The Labute approximate surface area is 111 Å². The Morgan fingerprint density at radius 2 is 2.00 bits per heavy atom. The van der Waals surface area contributed by atoms with Gasteiger partial charge in [-0.15, -0.1) is 0 Å². The third kappa shape index (κ3) is 3.21. The number of nitrogens with zero attached hydrogens (tertiary/aromatic N) is 2. The lowest BCUT2D eigenvalue weighted by atomic mass is 10.1. The quantitative estimate of drug-likeness (QED) is 0.924. The fourth-order valence-corrected chi connectivity index (χ4v) is 2.64. The van der Waals surface area contributed by atoms with Crippen molar-refractivity contribution >= 4 is 21.6 Å². The minimum Gasteiger partial charge on any atom is -0.396 e. The summed E-state index contributed by atoms with van der Waals surface area (Å²) in [4.78, 5) is 4.73. The Kier molecular flexibility index (Phi) is 4.42. The van der Waals surface area contributed by atoms with Crippen LogP contribution >= 0.6 is 15.9 Å². The van der Waals surface area contributed by atoms with E-state index >= 15 is 0 Å². The summed E-state index contributed by atoms with van der Waals surface area (Å²) in [6, 6.07) is 8.84. The van der Waals surface area contributed by atoms with E-state index in [-0.39, 0.29) is 6.61 Å². The lowest BCUT2D eigenvalue weighted by Crippen LogP contribution is -2.52. The summed E-state index contributed by atoms with van der Waals surface area (Å²) >= 11 is 3.46. The first-order valence-corrected chi connectivity index (χ1v) is 6.81. The molecule has 17 heavy (non-hydrogen) atoms. The maximum Gasteiger partial charge on any atom is 0.0451 e. The van der Waals surface area contributed by atoms with Crippen molar-refractivity contribution < 1.29 is 5.11 Å². The van der Waals surface area contributed by atoms with E-state index in [0.29, 0.717) is 6.04 Å². The zero-order valence-corrected chi connectivity index (χ0v) is 11.7. The van der Waals surface area contributed by atoms with Crippen molar-refractivity contribution in [2.75, 3.05) is 38.2 Å². The van der Waals surface area contributed by atoms with Gasteiger partial charge in [0.2, 0.25) is 0 Å². The molecule has 1 aliphatic rings. The first-order chi connectivity index (χ1) is 8.20. The molecule has 4 heteroatoms. The highest BCUT2D eigenvalue weighted by molar-refractivity contribution is 9.10. The highest BCUT2D eigenvalue weighted by Gasteiger charge is 2.24. The second-order valence-corrected chi connectivity index (χ2v) is 5.51. The van der Waals surface area contributed by atoms with Crippen LogP contribution in [0.3, 0.4) is 0 Å². The van der Waals surface area contributed by atoms with Crippen LogP contribution in [0.25, 0.3) is 0 Å². The summed E-state index contributed by atoms with van der Waals surface area (Å²) in [5.74, 6) is 0. The number of aliphatic hydroxyl groups excluding tert-OH is 1. The first kappa shape index (κ1) is 12.9. The van der Waals surface area contributed by atoms with Gasteiger partial charge in [-0.25, -0.2) is 0 Å². The molecule has 1 aliphatic heterocycles. The van der Waals surface area contributed by atoms with Crippen molar-refractivity contribution in [3.63, 3.8) is 0 Å². The fraction of sp³-hybridized carbons (Fsp3) is 0.538. The number of anilines is 1. The van der Waals surface area contributed by atoms with Gasteiger partial charge in [0.05, 0.1) is 0 Å². The van der Waals surface area contributed by atoms with Gasteiger partial charge >= 0.3 is 0 Å². The lowest BCUT2D eigenvalue weighted by Gasteiger charge is -2.41. The van der Waals surface area contributed by atoms with Crippen LogP contribution in [0.2, 0.25) is 0 Å². The highest BCUT2D eigenvalue weighted by Crippen LogP contribution is 2.23. The fourth-order valence-electron chi connectivity index (χ4n) is 2.38. The van der Waals surface area contributed by atoms with Gasteiger partial charge in [0, 0.05) is 42.4 Å². The van der Waals surface area contributed by atoms with Crippen molar-refractivity contribution in [1.82, 2.24) is 4.90 Å². The predicted octanol–water partition coefficient (Wildman–Crippen LogP) is 1.95. The molecule has 3 nitrogen and oxygen atoms in total. The SMILES string of the molecule is CN1CCN(c2ccc(Br)cc2)C(CCO)C1. The normalized spacial score (nSPS) is 21.8. The maximum atomic E-state index is 9.16. The summed E-state index contributed by atoms with van der Waals surface area (Å²) in [6.45, 7) is 3.39. The summed E-state index contributed by atoms with van der Waals surface area (Å²) in [5.41, 5.74) is 1.25. The Hall–Kier alpha value is -0.580. The molecule has 1 atom stereocenters. The second kappa shape index (κ2) is 5.85. The third-order valence-electron chi connectivity index (χ3n) is 3.31. The van der Waals surface area contributed by atoms with E-state index in [1.807, 2.05) is 0 Å². The number of benzene rings is 1. The van der Waals surface area contributed by atoms with Crippen LogP contribution in [-0.4, -0.2) is 49.3 Å². The van der Waals surface area contributed by atoms with Crippen LogP contribution in [0.4, 0.5) is 5.69 Å². The molecule has 94 valence electrons. The van der Waals surface area contributed by atoms with Crippen molar-refractivity contribution in [2.45, 2.75) is 12.5 Å².